The van der Waals surface area contributed by atoms with E-state index in [2.05, 4.69) is 25.0 Å². The smallest absolute Gasteiger partial charge is 0.246 e. The molecule has 0 bridgehead atoms. The van der Waals surface area contributed by atoms with Crippen LogP contribution in [0.25, 0.3) is 11.3 Å². The number of piperazine rings is 1. The number of benzene rings is 1. The van der Waals surface area contributed by atoms with Gasteiger partial charge in [-0.3, -0.25) is 4.90 Å². The molecule has 6 heteroatoms. The minimum absolute atomic E-state index is 0.266. The number of fused-ring (bicyclic) bond motifs is 1. The molecule has 1 atom stereocenters. The minimum atomic E-state index is -0.266. The Kier molecular flexibility index (Phi) is 3.46. The quantitative estimate of drug-likeness (QED) is 0.848. The lowest BCUT2D eigenvalue weighted by atomic mass is 10.1. The first-order chi connectivity index (χ1) is 10.8. The molecule has 114 valence electrons. The minimum Gasteiger partial charge on any atom is -0.337 e. The van der Waals surface area contributed by atoms with E-state index in [-0.39, 0.29) is 5.82 Å². The lowest BCUT2D eigenvalue weighted by Gasteiger charge is -2.37. The van der Waals surface area contributed by atoms with Crippen LogP contribution in [-0.2, 0) is 0 Å². The van der Waals surface area contributed by atoms with Gasteiger partial charge < -0.3 is 4.90 Å². The van der Waals surface area contributed by atoms with E-state index in [4.69, 9.17) is 0 Å². The molecular formula is C16H18FN5. The van der Waals surface area contributed by atoms with Crippen LogP contribution in [0.3, 0.4) is 0 Å². The van der Waals surface area contributed by atoms with Crippen molar-refractivity contribution in [3.8, 4) is 11.3 Å². The van der Waals surface area contributed by atoms with Crippen LogP contribution in [-0.4, -0.2) is 52.3 Å². The Morgan fingerprint density at radius 2 is 2.14 bits per heavy atom. The van der Waals surface area contributed by atoms with Gasteiger partial charge in [-0.2, -0.15) is 5.10 Å². The highest BCUT2D eigenvalue weighted by molar-refractivity contribution is 5.59. The van der Waals surface area contributed by atoms with Gasteiger partial charge in [-0.25, -0.2) is 9.37 Å². The average molecular weight is 299 g/mol. The van der Waals surface area contributed by atoms with Crippen LogP contribution in [0.2, 0.25) is 0 Å². The zero-order chi connectivity index (χ0) is 14.9. The second-order valence-corrected chi connectivity index (χ2v) is 5.93. The molecule has 2 aliphatic rings. The lowest BCUT2D eigenvalue weighted by Crippen LogP contribution is -2.50. The van der Waals surface area contributed by atoms with Crippen molar-refractivity contribution in [2.75, 3.05) is 31.1 Å². The van der Waals surface area contributed by atoms with Gasteiger partial charge in [0.15, 0.2) is 0 Å². The molecule has 1 aromatic heterocycles. The molecule has 0 N–H and O–H groups in total. The van der Waals surface area contributed by atoms with Crippen molar-refractivity contribution in [3.63, 3.8) is 0 Å². The summed E-state index contributed by atoms with van der Waals surface area (Å²) < 4.78 is 13.4. The predicted octanol–water partition coefficient (Wildman–Crippen LogP) is 1.96. The number of anilines is 1. The van der Waals surface area contributed by atoms with Crippen molar-refractivity contribution in [1.82, 2.24) is 20.1 Å². The summed E-state index contributed by atoms with van der Waals surface area (Å²) in [6.07, 6.45) is 4.11. The molecule has 0 radical (unpaired) electrons. The molecular weight excluding hydrogens is 281 g/mol. The molecule has 22 heavy (non-hydrogen) atoms. The highest BCUT2D eigenvalue weighted by atomic mass is 19.1. The third-order valence-corrected chi connectivity index (χ3v) is 4.54. The van der Waals surface area contributed by atoms with Gasteiger partial charge >= 0.3 is 0 Å². The molecule has 1 unspecified atom stereocenters. The van der Waals surface area contributed by atoms with Crippen molar-refractivity contribution in [3.05, 3.63) is 36.3 Å². The Morgan fingerprint density at radius 3 is 3.05 bits per heavy atom. The zero-order valence-electron chi connectivity index (χ0n) is 12.3. The number of halogens is 1. The van der Waals surface area contributed by atoms with E-state index < -0.39 is 0 Å². The van der Waals surface area contributed by atoms with Gasteiger partial charge in [0.2, 0.25) is 5.95 Å². The molecule has 0 spiro atoms. The molecule has 2 fully saturated rings. The van der Waals surface area contributed by atoms with Crippen LogP contribution >= 0.6 is 0 Å². The standard InChI is InChI=1S/C16H18FN5/c17-13-4-1-3-12(9-13)15-10-18-20-16(19-15)22-8-7-21-6-2-5-14(21)11-22/h1,3-4,9-10,14H,2,5-8,11H2. The first kappa shape index (κ1) is 13.6. The van der Waals surface area contributed by atoms with E-state index in [0.29, 0.717) is 17.7 Å². The van der Waals surface area contributed by atoms with E-state index >= 15 is 0 Å². The molecule has 1 aromatic carbocycles. The largest absolute Gasteiger partial charge is 0.337 e. The van der Waals surface area contributed by atoms with Crippen LogP contribution in [0.1, 0.15) is 12.8 Å². The van der Waals surface area contributed by atoms with Crippen molar-refractivity contribution in [1.29, 1.82) is 0 Å². The van der Waals surface area contributed by atoms with Gasteiger partial charge in [-0.15, -0.1) is 5.10 Å². The van der Waals surface area contributed by atoms with E-state index in [1.54, 1.807) is 12.3 Å². The molecule has 5 nitrogen and oxygen atoms in total. The van der Waals surface area contributed by atoms with Gasteiger partial charge in [-0.1, -0.05) is 12.1 Å². The highest BCUT2D eigenvalue weighted by Gasteiger charge is 2.31. The van der Waals surface area contributed by atoms with Gasteiger partial charge in [0.25, 0.3) is 0 Å². The van der Waals surface area contributed by atoms with E-state index in [0.717, 1.165) is 25.2 Å². The molecule has 0 amide bonds. The number of hydrogen-bond acceptors (Lipinski definition) is 5. The number of aromatic nitrogens is 3. The Morgan fingerprint density at radius 1 is 1.18 bits per heavy atom. The van der Waals surface area contributed by atoms with Crippen LogP contribution in [0, 0.1) is 5.82 Å². The van der Waals surface area contributed by atoms with Crippen LogP contribution in [0.15, 0.2) is 30.5 Å². The lowest BCUT2D eigenvalue weighted by molar-refractivity contribution is 0.229. The molecule has 3 heterocycles. The van der Waals surface area contributed by atoms with Crippen molar-refractivity contribution in [2.45, 2.75) is 18.9 Å². The Bertz CT molecular complexity index is 677. The first-order valence-corrected chi connectivity index (χ1v) is 7.74. The Balaban J connectivity index is 1.59. The third kappa shape index (κ3) is 2.54. The number of nitrogens with zero attached hydrogens (tertiary/aromatic N) is 5. The van der Waals surface area contributed by atoms with Gasteiger partial charge in [0.1, 0.15) is 5.82 Å². The van der Waals surface area contributed by atoms with Crippen molar-refractivity contribution in [2.24, 2.45) is 0 Å². The summed E-state index contributed by atoms with van der Waals surface area (Å²) in [5, 5.41) is 8.24. The van der Waals surface area contributed by atoms with Gasteiger partial charge in [-0.05, 0) is 31.5 Å². The Labute approximate surface area is 128 Å². The summed E-state index contributed by atoms with van der Waals surface area (Å²) in [5.41, 5.74) is 1.40. The fourth-order valence-corrected chi connectivity index (χ4v) is 3.39. The predicted molar refractivity (Wildman–Crippen MR) is 82.0 cm³/mol. The molecule has 0 saturated carbocycles. The van der Waals surface area contributed by atoms with Crippen molar-refractivity contribution >= 4 is 5.95 Å². The Hall–Kier alpha value is -2.08. The van der Waals surface area contributed by atoms with Gasteiger partial charge in [0, 0.05) is 31.2 Å². The molecule has 4 rings (SSSR count). The summed E-state index contributed by atoms with van der Waals surface area (Å²) in [7, 11) is 0. The topological polar surface area (TPSA) is 45.2 Å². The second kappa shape index (κ2) is 5.61. The van der Waals surface area contributed by atoms with Crippen LogP contribution in [0.5, 0.6) is 0 Å². The maximum atomic E-state index is 13.4. The zero-order valence-corrected chi connectivity index (χ0v) is 12.3. The monoisotopic (exact) mass is 299 g/mol. The maximum Gasteiger partial charge on any atom is 0.246 e. The second-order valence-electron chi connectivity index (χ2n) is 5.93. The maximum absolute atomic E-state index is 13.4. The molecule has 2 aliphatic heterocycles. The SMILES string of the molecule is Fc1cccc(-c2cnnc(N3CCN4CCCC4C3)n2)c1. The summed E-state index contributed by atoms with van der Waals surface area (Å²) in [6, 6.07) is 7.03. The van der Waals surface area contributed by atoms with Crippen molar-refractivity contribution < 1.29 is 4.39 Å². The third-order valence-electron chi connectivity index (χ3n) is 4.54. The van der Waals surface area contributed by atoms with Gasteiger partial charge in [0.05, 0.1) is 11.9 Å². The summed E-state index contributed by atoms with van der Waals surface area (Å²) in [4.78, 5) is 9.33. The highest BCUT2D eigenvalue weighted by Crippen LogP contribution is 2.24. The van der Waals surface area contributed by atoms with E-state index in [9.17, 15) is 4.39 Å². The normalized spacial score (nSPS) is 21.9. The first-order valence-electron chi connectivity index (χ1n) is 7.74. The summed E-state index contributed by atoms with van der Waals surface area (Å²) in [6.45, 7) is 4.14. The van der Waals surface area contributed by atoms with Crippen LogP contribution < -0.4 is 4.90 Å². The van der Waals surface area contributed by atoms with Crippen LogP contribution in [0.4, 0.5) is 10.3 Å². The fourth-order valence-electron chi connectivity index (χ4n) is 3.39. The summed E-state index contributed by atoms with van der Waals surface area (Å²) >= 11 is 0. The summed E-state index contributed by atoms with van der Waals surface area (Å²) in [5.74, 6) is 0.380. The average Bonchev–Trinajstić information content (AvgIpc) is 3.02. The molecule has 2 saturated heterocycles. The fraction of sp³-hybridized carbons (Fsp3) is 0.438. The van der Waals surface area contributed by atoms with E-state index in [1.165, 1.54) is 31.5 Å². The number of hydrogen-bond donors (Lipinski definition) is 0. The molecule has 2 aromatic rings. The number of rotatable bonds is 2. The van der Waals surface area contributed by atoms with E-state index in [1.807, 2.05) is 6.07 Å². The molecule has 0 aliphatic carbocycles.